The lowest BCUT2D eigenvalue weighted by Gasteiger charge is -2.33. The van der Waals surface area contributed by atoms with Crippen molar-refractivity contribution in [3.63, 3.8) is 0 Å². The molecule has 2 aromatic heterocycles. The van der Waals surface area contributed by atoms with Gasteiger partial charge in [0.25, 0.3) is 0 Å². The summed E-state index contributed by atoms with van der Waals surface area (Å²) in [6, 6.07) is 4.88. The van der Waals surface area contributed by atoms with Crippen molar-refractivity contribution in [3.05, 3.63) is 65.2 Å². The molecule has 1 aliphatic carbocycles. The Labute approximate surface area is 204 Å². The number of rotatable bonds is 9. The van der Waals surface area contributed by atoms with Gasteiger partial charge in [-0.2, -0.15) is 18.3 Å². The maximum atomic E-state index is 13.3. The van der Waals surface area contributed by atoms with Gasteiger partial charge in [-0.25, -0.2) is 27.5 Å². The molecule has 7 nitrogen and oxygen atoms in total. The molecule has 0 radical (unpaired) electrons. The Morgan fingerprint density at radius 1 is 1.14 bits per heavy atom. The summed E-state index contributed by atoms with van der Waals surface area (Å²) in [7, 11) is -3.62. The molecule has 35 heavy (non-hydrogen) atoms. The fraction of sp³-hybridized carbons (Fsp3) is 0.409. The summed E-state index contributed by atoms with van der Waals surface area (Å²) in [5, 5.41) is 6.80. The topological polar surface area (TPSA) is 89.8 Å². The maximum absolute atomic E-state index is 13.3. The van der Waals surface area contributed by atoms with Gasteiger partial charge in [-0.1, -0.05) is 18.0 Å². The number of halogens is 5. The predicted octanol–water partition coefficient (Wildman–Crippen LogP) is 4.60. The highest BCUT2D eigenvalue weighted by Crippen LogP contribution is 2.37. The van der Waals surface area contributed by atoms with Crippen LogP contribution in [0.15, 0.2) is 47.8 Å². The van der Waals surface area contributed by atoms with Crippen molar-refractivity contribution < 1.29 is 26.0 Å². The molecule has 1 fully saturated rings. The minimum absolute atomic E-state index is 0.0536. The summed E-state index contributed by atoms with van der Waals surface area (Å²) in [6.45, 7) is 0.654. The molecular formula is C22H22ClF4N5O2S. The van der Waals surface area contributed by atoms with Crippen molar-refractivity contribution in [3.8, 4) is 5.69 Å². The van der Waals surface area contributed by atoms with Crippen molar-refractivity contribution >= 4 is 21.4 Å². The number of alkyl halides is 3. The first-order chi connectivity index (χ1) is 16.6. The summed E-state index contributed by atoms with van der Waals surface area (Å²) < 4.78 is 78.8. The highest BCUT2D eigenvalue weighted by molar-refractivity contribution is 7.92. The zero-order chi connectivity index (χ0) is 25.2. The standard InChI is InChI=1S/C22H22ClF4N5O2S/c23-20-15(13-32(31-20)17-11-29-21(30-12-17)22(25,26)27)10-28-9-8-19(14-2-1-3-14)35(33,34)18-6-4-16(24)5-7-18/h4-7,11-14,19,28H,1-3,8-10H2/t19-/m1/s1. The van der Waals surface area contributed by atoms with Crippen LogP contribution in [-0.2, 0) is 22.6 Å². The van der Waals surface area contributed by atoms with Crippen molar-refractivity contribution in [2.24, 2.45) is 5.92 Å². The number of nitrogens with one attached hydrogen (secondary N) is 1. The molecule has 2 heterocycles. The van der Waals surface area contributed by atoms with Gasteiger partial charge < -0.3 is 5.32 Å². The molecule has 188 valence electrons. The van der Waals surface area contributed by atoms with E-state index in [1.165, 1.54) is 16.8 Å². The summed E-state index contributed by atoms with van der Waals surface area (Å²) in [5.41, 5.74) is 0.787. The fourth-order valence-corrected chi connectivity index (χ4v) is 6.22. The Morgan fingerprint density at radius 2 is 1.80 bits per heavy atom. The summed E-state index contributed by atoms with van der Waals surface area (Å²) in [4.78, 5) is 6.73. The second kappa shape index (κ2) is 10.2. The number of nitrogens with zero attached hydrogens (tertiary/aromatic N) is 4. The smallest absolute Gasteiger partial charge is 0.312 e. The summed E-state index contributed by atoms with van der Waals surface area (Å²) >= 11 is 6.17. The van der Waals surface area contributed by atoms with Crippen LogP contribution in [0.25, 0.3) is 5.69 Å². The van der Waals surface area contributed by atoms with Gasteiger partial charge in [0.2, 0.25) is 5.82 Å². The van der Waals surface area contributed by atoms with Gasteiger partial charge in [0.05, 0.1) is 22.5 Å². The molecule has 0 amide bonds. The molecule has 1 aromatic carbocycles. The van der Waals surface area contributed by atoms with Crippen LogP contribution in [0.5, 0.6) is 0 Å². The van der Waals surface area contributed by atoms with Gasteiger partial charge >= 0.3 is 6.18 Å². The first-order valence-corrected chi connectivity index (χ1v) is 12.8. The third kappa shape index (κ3) is 5.81. The number of sulfone groups is 1. The van der Waals surface area contributed by atoms with Crippen LogP contribution in [0.1, 0.15) is 37.1 Å². The van der Waals surface area contributed by atoms with Crippen LogP contribution in [0, 0.1) is 11.7 Å². The monoisotopic (exact) mass is 531 g/mol. The zero-order valence-corrected chi connectivity index (χ0v) is 19.9. The van der Waals surface area contributed by atoms with E-state index in [2.05, 4.69) is 20.4 Å². The minimum Gasteiger partial charge on any atom is -0.312 e. The summed E-state index contributed by atoms with van der Waals surface area (Å²) in [5.74, 6) is -1.69. The van der Waals surface area contributed by atoms with Crippen molar-refractivity contribution in [1.29, 1.82) is 0 Å². The Morgan fingerprint density at radius 3 is 2.37 bits per heavy atom. The van der Waals surface area contributed by atoms with Crippen LogP contribution >= 0.6 is 11.6 Å². The van der Waals surface area contributed by atoms with Gasteiger partial charge in [-0.05, 0) is 56.0 Å². The van der Waals surface area contributed by atoms with Gasteiger partial charge in [0.1, 0.15) is 11.5 Å². The van der Waals surface area contributed by atoms with Crippen LogP contribution in [0.4, 0.5) is 17.6 Å². The van der Waals surface area contributed by atoms with E-state index in [0.717, 1.165) is 43.8 Å². The van der Waals surface area contributed by atoms with Crippen molar-refractivity contribution in [2.45, 2.75) is 48.5 Å². The van der Waals surface area contributed by atoms with E-state index in [4.69, 9.17) is 11.6 Å². The van der Waals surface area contributed by atoms with E-state index in [0.29, 0.717) is 18.5 Å². The molecule has 0 bridgehead atoms. The number of hydrogen-bond donors (Lipinski definition) is 1. The van der Waals surface area contributed by atoms with Crippen LogP contribution in [0.3, 0.4) is 0 Å². The lowest BCUT2D eigenvalue weighted by atomic mass is 9.81. The average molecular weight is 532 g/mol. The Kier molecular flexibility index (Phi) is 7.43. The van der Waals surface area contributed by atoms with Gasteiger partial charge in [-0.3, -0.25) is 0 Å². The normalized spacial score (nSPS) is 15.7. The Balaban J connectivity index is 1.38. The first-order valence-electron chi connectivity index (χ1n) is 10.9. The molecule has 1 N–H and O–H groups in total. The minimum atomic E-state index is -4.64. The predicted molar refractivity (Wildman–Crippen MR) is 120 cm³/mol. The largest absolute Gasteiger partial charge is 0.451 e. The summed E-state index contributed by atoms with van der Waals surface area (Å²) in [6.07, 6.45) is 1.91. The Bertz CT molecular complexity index is 1260. The van der Waals surface area contributed by atoms with E-state index in [1.54, 1.807) is 6.20 Å². The average Bonchev–Trinajstić information content (AvgIpc) is 3.14. The SMILES string of the molecule is O=S(=O)(c1ccc(F)cc1)[C@H](CCNCc1cn(-c2cnc(C(F)(F)F)nc2)nc1Cl)C1CCC1. The van der Waals surface area contributed by atoms with E-state index in [-0.39, 0.29) is 28.2 Å². The van der Waals surface area contributed by atoms with Crippen LogP contribution in [-0.4, -0.2) is 40.0 Å². The number of hydrogen-bond acceptors (Lipinski definition) is 6. The van der Waals surface area contributed by atoms with E-state index >= 15 is 0 Å². The van der Waals surface area contributed by atoms with E-state index in [9.17, 15) is 26.0 Å². The molecule has 0 unspecified atom stereocenters. The number of aromatic nitrogens is 4. The highest BCUT2D eigenvalue weighted by Gasteiger charge is 2.37. The third-order valence-corrected chi connectivity index (χ3v) is 8.70. The highest BCUT2D eigenvalue weighted by atomic mass is 35.5. The molecule has 1 atom stereocenters. The number of benzene rings is 1. The molecule has 4 rings (SSSR count). The Hall–Kier alpha value is -2.57. The van der Waals surface area contributed by atoms with Crippen LogP contribution in [0.2, 0.25) is 5.15 Å². The fourth-order valence-electron chi connectivity index (χ4n) is 3.95. The zero-order valence-electron chi connectivity index (χ0n) is 18.3. The molecule has 0 saturated heterocycles. The lowest BCUT2D eigenvalue weighted by molar-refractivity contribution is -0.145. The molecular weight excluding hydrogens is 510 g/mol. The van der Waals surface area contributed by atoms with Gasteiger partial charge in [0, 0.05) is 18.3 Å². The van der Waals surface area contributed by atoms with Crippen molar-refractivity contribution in [2.75, 3.05) is 6.54 Å². The second-order valence-electron chi connectivity index (χ2n) is 8.35. The van der Waals surface area contributed by atoms with Crippen molar-refractivity contribution in [1.82, 2.24) is 25.1 Å². The quantitative estimate of drug-likeness (QED) is 0.247. The lowest BCUT2D eigenvalue weighted by Crippen LogP contribution is -2.36. The molecule has 1 aliphatic rings. The molecule has 3 aromatic rings. The molecule has 1 saturated carbocycles. The second-order valence-corrected chi connectivity index (χ2v) is 10.9. The molecule has 0 aliphatic heterocycles. The van der Waals surface area contributed by atoms with E-state index in [1.807, 2.05) is 0 Å². The maximum Gasteiger partial charge on any atom is 0.451 e. The van der Waals surface area contributed by atoms with E-state index < -0.39 is 32.9 Å². The molecule has 13 heteroatoms. The van der Waals surface area contributed by atoms with Gasteiger partial charge in [-0.15, -0.1) is 0 Å². The molecule has 0 spiro atoms. The third-order valence-electron chi connectivity index (χ3n) is 6.03. The van der Waals surface area contributed by atoms with Crippen LogP contribution < -0.4 is 5.32 Å². The van der Waals surface area contributed by atoms with Gasteiger partial charge in [0.15, 0.2) is 15.0 Å². The first kappa shape index (κ1) is 25.5.